The standard InChI is InChI=1S/C17H8ClF3N6O3/c18-12-4-10(17(19,20)21)6-24-15(12)11(5-22)16(28)9-1-2-13(14(3-9)27(29)30)26-8-23-7-25-26/h1-4,6-8,11H/t11-/m1/s1. The molecule has 2 heterocycles. The van der Waals surface area contributed by atoms with Crippen LogP contribution >= 0.6 is 11.6 Å². The highest BCUT2D eigenvalue weighted by Crippen LogP contribution is 2.34. The number of carbonyl (C=O) groups excluding carboxylic acids is 1. The third-order valence-corrected chi connectivity index (χ3v) is 4.29. The third kappa shape index (κ3) is 3.96. The number of halogens is 4. The number of benzene rings is 1. The van der Waals surface area contributed by atoms with Gasteiger partial charge in [-0.15, -0.1) is 0 Å². The Kier molecular flexibility index (Phi) is 5.48. The Morgan fingerprint density at radius 3 is 2.60 bits per heavy atom. The SMILES string of the molecule is N#C[C@@H](C(=O)c1ccc(-n2cncn2)c([N+](=O)[O-])c1)c1ncc(C(F)(F)F)cc1Cl. The molecule has 0 N–H and O–H groups in total. The van der Waals surface area contributed by atoms with Gasteiger partial charge in [-0.2, -0.15) is 23.5 Å². The molecule has 0 aliphatic carbocycles. The van der Waals surface area contributed by atoms with Gasteiger partial charge in [0, 0.05) is 17.8 Å². The van der Waals surface area contributed by atoms with E-state index < -0.39 is 39.1 Å². The molecule has 152 valence electrons. The van der Waals surface area contributed by atoms with Crippen molar-refractivity contribution < 1.29 is 22.9 Å². The average molecular weight is 437 g/mol. The molecule has 0 saturated carbocycles. The molecule has 3 rings (SSSR count). The molecule has 3 aromatic rings. The van der Waals surface area contributed by atoms with Crippen LogP contribution in [0, 0.1) is 21.4 Å². The number of nitriles is 1. The van der Waals surface area contributed by atoms with E-state index in [0.29, 0.717) is 12.3 Å². The van der Waals surface area contributed by atoms with Crippen molar-refractivity contribution in [3.8, 4) is 11.8 Å². The Morgan fingerprint density at radius 2 is 2.07 bits per heavy atom. The van der Waals surface area contributed by atoms with Gasteiger partial charge in [0.15, 0.2) is 11.7 Å². The minimum Gasteiger partial charge on any atom is -0.292 e. The van der Waals surface area contributed by atoms with Crippen LogP contribution in [0.25, 0.3) is 5.69 Å². The second-order valence-corrected chi connectivity index (χ2v) is 6.22. The van der Waals surface area contributed by atoms with Crippen LogP contribution in [0.5, 0.6) is 0 Å². The van der Waals surface area contributed by atoms with Gasteiger partial charge in [-0.3, -0.25) is 19.9 Å². The number of hydrogen-bond acceptors (Lipinski definition) is 7. The molecule has 9 nitrogen and oxygen atoms in total. The molecule has 1 atom stereocenters. The van der Waals surface area contributed by atoms with Crippen molar-refractivity contribution >= 4 is 23.1 Å². The van der Waals surface area contributed by atoms with Crippen molar-refractivity contribution in [3.63, 3.8) is 0 Å². The lowest BCUT2D eigenvalue weighted by Crippen LogP contribution is -2.15. The molecule has 0 saturated heterocycles. The maximum absolute atomic E-state index is 12.8. The number of nitro groups is 1. The van der Waals surface area contributed by atoms with Crippen LogP contribution in [0.15, 0.2) is 43.1 Å². The minimum atomic E-state index is -4.71. The summed E-state index contributed by atoms with van der Waals surface area (Å²) in [5.41, 5.74) is -2.23. The summed E-state index contributed by atoms with van der Waals surface area (Å²) in [6.45, 7) is 0. The number of rotatable bonds is 5. The summed E-state index contributed by atoms with van der Waals surface area (Å²) in [5, 5.41) is 24.1. The van der Waals surface area contributed by atoms with Crippen LogP contribution in [-0.2, 0) is 6.18 Å². The number of Topliss-reactive ketones (excluding diaryl/α,β-unsaturated/α-hetero) is 1. The number of ketones is 1. The number of nitrogens with zero attached hydrogens (tertiary/aromatic N) is 6. The lowest BCUT2D eigenvalue weighted by Gasteiger charge is -2.13. The Morgan fingerprint density at radius 1 is 1.33 bits per heavy atom. The van der Waals surface area contributed by atoms with Gasteiger partial charge >= 0.3 is 6.18 Å². The molecular formula is C17H8ClF3N6O3. The first-order valence-corrected chi connectivity index (χ1v) is 8.31. The first-order valence-electron chi connectivity index (χ1n) is 7.93. The van der Waals surface area contributed by atoms with E-state index in [2.05, 4.69) is 15.1 Å². The summed E-state index contributed by atoms with van der Waals surface area (Å²) in [5.74, 6) is -2.59. The summed E-state index contributed by atoms with van der Waals surface area (Å²) in [7, 11) is 0. The normalized spacial score (nSPS) is 12.2. The molecular weight excluding hydrogens is 429 g/mol. The largest absolute Gasteiger partial charge is 0.417 e. The quantitative estimate of drug-likeness (QED) is 0.338. The Hall–Kier alpha value is -3.85. The zero-order chi connectivity index (χ0) is 22.1. The highest BCUT2D eigenvalue weighted by Gasteiger charge is 2.34. The van der Waals surface area contributed by atoms with Crippen molar-refractivity contribution in [1.82, 2.24) is 19.7 Å². The summed E-state index contributed by atoms with van der Waals surface area (Å²) in [6, 6.07) is 5.57. The lowest BCUT2D eigenvalue weighted by molar-refractivity contribution is -0.384. The molecule has 13 heteroatoms. The highest BCUT2D eigenvalue weighted by molar-refractivity contribution is 6.31. The molecule has 30 heavy (non-hydrogen) atoms. The van der Waals surface area contributed by atoms with E-state index in [1.165, 1.54) is 18.5 Å². The van der Waals surface area contributed by atoms with Gasteiger partial charge in [0.05, 0.1) is 27.3 Å². The number of alkyl halides is 3. The fourth-order valence-electron chi connectivity index (χ4n) is 2.58. The van der Waals surface area contributed by atoms with E-state index >= 15 is 0 Å². The van der Waals surface area contributed by atoms with Crippen LogP contribution in [0.2, 0.25) is 5.02 Å². The zero-order valence-corrected chi connectivity index (χ0v) is 15.3. The molecule has 0 aliphatic heterocycles. The smallest absolute Gasteiger partial charge is 0.292 e. The van der Waals surface area contributed by atoms with Crippen molar-refractivity contribution in [2.75, 3.05) is 0 Å². The van der Waals surface area contributed by atoms with E-state index in [-0.39, 0.29) is 16.9 Å². The van der Waals surface area contributed by atoms with Crippen molar-refractivity contribution in [2.24, 2.45) is 0 Å². The number of pyridine rings is 1. The van der Waals surface area contributed by atoms with Crippen LogP contribution in [-0.4, -0.2) is 30.5 Å². The van der Waals surface area contributed by atoms with Crippen molar-refractivity contribution in [2.45, 2.75) is 12.1 Å². The minimum absolute atomic E-state index is 0.0215. The topological polar surface area (TPSA) is 128 Å². The van der Waals surface area contributed by atoms with E-state index in [9.17, 15) is 33.3 Å². The predicted molar refractivity (Wildman–Crippen MR) is 94.9 cm³/mol. The maximum Gasteiger partial charge on any atom is 0.417 e. The number of nitro benzene ring substituents is 1. The first kappa shape index (κ1) is 20.9. The second-order valence-electron chi connectivity index (χ2n) is 5.82. The zero-order valence-electron chi connectivity index (χ0n) is 14.5. The van der Waals surface area contributed by atoms with Crippen LogP contribution in [0.1, 0.15) is 27.5 Å². The summed E-state index contributed by atoms with van der Waals surface area (Å²) < 4.78 is 39.4. The summed E-state index contributed by atoms with van der Waals surface area (Å²) in [6.07, 6.45) is -1.88. The Bertz CT molecular complexity index is 1170. The van der Waals surface area contributed by atoms with Gasteiger partial charge in [-0.05, 0) is 18.2 Å². The molecule has 0 radical (unpaired) electrons. The molecule has 0 fully saturated rings. The number of carbonyl (C=O) groups is 1. The number of hydrogen-bond donors (Lipinski definition) is 0. The fraction of sp³-hybridized carbons (Fsp3) is 0.118. The second kappa shape index (κ2) is 7.88. The summed E-state index contributed by atoms with van der Waals surface area (Å²) >= 11 is 5.82. The van der Waals surface area contributed by atoms with Crippen molar-refractivity contribution in [1.29, 1.82) is 5.26 Å². The number of aromatic nitrogens is 4. The maximum atomic E-state index is 12.8. The molecule has 0 spiro atoms. The molecule has 2 aromatic heterocycles. The summed E-state index contributed by atoms with van der Waals surface area (Å²) in [4.78, 5) is 30.7. The molecule has 0 aliphatic rings. The van der Waals surface area contributed by atoms with Gasteiger partial charge in [-0.25, -0.2) is 9.67 Å². The van der Waals surface area contributed by atoms with E-state index in [0.717, 1.165) is 17.1 Å². The van der Waals surface area contributed by atoms with Crippen LogP contribution in [0.3, 0.4) is 0 Å². The van der Waals surface area contributed by atoms with Gasteiger partial charge in [0.1, 0.15) is 18.3 Å². The van der Waals surface area contributed by atoms with Gasteiger partial charge in [0.2, 0.25) is 0 Å². The van der Waals surface area contributed by atoms with Gasteiger partial charge < -0.3 is 0 Å². The average Bonchev–Trinajstić information content (AvgIpc) is 3.23. The Balaban J connectivity index is 2.02. The van der Waals surface area contributed by atoms with Gasteiger partial charge in [0.25, 0.3) is 5.69 Å². The van der Waals surface area contributed by atoms with Crippen molar-refractivity contribution in [3.05, 3.63) is 75.1 Å². The lowest BCUT2D eigenvalue weighted by atomic mass is 9.94. The predicted octanol–water partition coefficient (Wildman–Crippen LogP) is 3.73. The highest BCUT2D eigenvalue weighted by atomic mass is 35.5. The third-order valence-electron chi connectivity index (χ3n) is 3.98. The molecule has 1 aromatic carbocycles. The van der Waals surface area contributed by atoms with E-state index in [4.69, 9.17) is 11.6 Å². The Labute approximate surface area is 170 Å². The van der Waals surface area contributed by atoms with Crippen LogP contribution in [0.4, 0.5) is 18.9 Å². The van der Waals surface area contributed by atoms with Crippen LogP contribution < -0.4 is 0 Å². The van der Waals surface area contributed by atoms with E-state index in [1.54, 1.807) is 6.07 Å². The monoisotopic (exact) mass is 436 g/mol. The fourth-order valence-corrected chi connectivity index (χ4v) is 2.85. The molecule has 0 bridgehead atoms. The molecule has 0 unspecified atom stereocenters. The first-order chi connectivity index (χ1) is 14.1. The molecule has 0 amide bonds. The van der Waals surface area contributed by atoms with Gasteiger partial charge in [-0.1, -0.05) is 11.6 Å². The van der Waals surface area contributed by atoms with E-state index in [1.807, 2.05) is 0 Å².